The van der Waals surface area contributed by atoms with E-state index in [4.69, 9.17) is 5.10 Å². The molecule has 1 aliphatic carbocycles. The molecule has 1 saturated carbocycles. The Morgan fingerprint density at radius 1 is 0.878 bits per heavy atom. The molecule has 1 saturated heterocycles. The van der Waals surface area contributed by atoms with E-state index in [9.17, 15) is 45.1 Å². The first-order valence-corrected chi connectivity index (χ1v) is 16.3. The molecule has 1 aliphatic heterocycles. The lowest BCUT2D eigenvalue weighted by Crippen LogP contribution is -2.39. The molecular formula is C35H39F7N4O3. The van der Waals surface area contributed by atoms with Crippen molar-refractivity contribution in [3.05, 3.63) is 89.0 Å². The van der Waals surface area contributed by atoms with Gasteiger partial charge in [-0.25, -0.2) is 4.39 Å². The summed E-state index contributed by atoms with van der Waals surface area (Å²) in [4.78, 5) is 34.4. The molecule has 2 heterocycles. The number of Topliss-reactive ketones (excluding diaryl/α,β-unsaturated/α-hetero) is 2. The minimum absolute atomic E-state index is 0.123. The number of nitrogens with one attached hydrogen (secondary N) is 1. The second kappa shape index (κ2) is 16.6. The van der Waals surface area contributed by atoms with Crippen LogP contribution < -0.4 is 5.32 Å². The summed E-state index contributed by atoms with van der Waals surface area (Å²) in [5.74, 6) is -6.30. The average Bonchev–Trinajstić information content (AvgIpc) is 3.44. The molecule has 2 aliphatic rings. The summed E-state index contributed by atoms with van der Waals surface area (Å²) in [6, 6.07) is 19.4. The highest BCUT2D eigenvalue weighted by Crippen LogP contribution is 2.31. The molecule has 0 spiro atoms. The maximum absolute atomic E-state index is 14.0. The summed E-state index contributed by atoms with van der Waals surface area (Å²) < 4.78 is 83.1. The van der Waals surface area contributed by atoms with E-state index in [-0.39, 0.29) is 23.7 Å². The zero-order valence-electron chi connectivity index (χ0n) is 27.0. The van der Waals surface area contributed by atoms with Gasteiger partial charge in [0, 0.05) is 37.0 Å². The lowest BCUT2D eigenvalue weighted by Gasteiger charge is -2.34. The van der Waals surface area contributed by atoms with Crippen LogP contribution in [0.15, 0.2) is 60.7 Å². The number of hydrogen-bond acceptors (Lipinski definition) is 5. The highest BCUT2D eigenvalue weighted by Gasteiger charge is 2.54. The Labute approximate surface area is 279 Å². The third kappa shape index (κ3) is 10.7. The minimum Gasteiger partial charge on any atom is -0.349 e. The molecular weight excluding hydrogens is 657 g/mol. The van der Waals surface area contributed by atoms with Crippen molar-refractivity contribution in [3.8, 4) is 0 Å². The standard InChI is InChI=1S/C31H39FN4O.C4F6O2/c1-2-36-30(22-28(34-36)20-23-8-4-3-5-9-23)24-14-17-35(18-15-24)19-16-29(26-12-7-13-27(32)21-26)33-31(37)25-10-6-11-25;5-3(6,7)1(11)2(12)4(8,9)10/h3-5,7-9,12-13,21-22,24-25,29H,2,6,10-11,14-20H2,1H3,(H,33,37);/t29-;/m0./s1. The third-order valence-electron chi connectivity index (χ3n) is 8.89. The van der Waals surface area contributed by atoms with Gasteiger partial charge in [-0.3, -0.25) is 19.1 Å². The van der Waals surface area contributed by atoms with Crippen molar-refractivity contribution in [2.75, 3.05) is 19.6 Å². The number of carbonyl (C=O) groups excluding carboxylic acids is 3. The van der Waals surface area contributed by atoms with E-state index < -0.39 is 23.9 Å². The number of halogens is 7. The van der Waals surface area contributed by atoms with Crippen LogP contribution in [0.1, 0.15) is 79.9 Å². The molecule has 266 valence electrons. The summed E-state index contributed by atoms with van der Waals surface area (Å²) in [5, 5.41) is 8.13. The summed E-state index contributed by atoms with van der Waals surface area (Å²) in [5.41, 5.74) is 4.66. The quantitative estimate of drug-likeness (QED) is 0.171. The monoisotopic (exact) mass is 696 g/mol. The number of hydrogen-bond donors (Lipinski definition) is 1. The third-order valence-corrected chi connectivity index (χ3v) is 8.89. The zero-order chi connectivity index (χ0) is 35.8. The predicted molar refractivity (Wildman–Crippen MR) is 167 cm³/mol. The van der Waals surface area contributed by atoms with Crippen molar-refractivity contribution in [1.29, 1.82) is 0 Å². The van der Waals surface area contributed by atoms with Crippen molar-refractivity contribution in [2.24, 2.45) is 5.92 Å². The van der Waals surface area contributed by atoms with Gasteiger partial charge in [-0.1, -0.05) is 48.9 Å². The van der Waals surface area contributed by atoms with Crippen LogP contribution in [-0.2, 0) is 27.3 Å². The van der Waals surface area contributed by atoms with Gasteiger partial charge in [0.25, 0.3) is 0 Å². The predicted octanol–water partition coefficient (Wildman–Crippen LogP) is 7.11. The first kappa shape index (κ1) is 37.7. The van der Waals surface area contributed by atoms with E-state index in [1.807, 2.05) is 6.07 Å². The lowest BCUT2D eigenvalue weighted by molar-refractivity contribution is -0.193. The van der Waals surface area contributed by atoms with E-state index in [0.29, 0.717) is 5.92 Å². The Kier molecular flexibility index (Phi) is 12.8. The number of alkyl halides is 6. The van der Waals surface area contributed by atoms with Gasteiger partial charge in [0.15, 0.2) is 0 Å². The largest absolute Gasteiger partial charge is 0.458 e. The van der Waals surface area contributed by atoms with Gasteiger partial charge < -0.3 is 10.2 Å². The Morgan fingerprint density at radius 2 is 1.51 bits per heavy atom. The molecule has 2 fully saturated rings. The molecule has 49 heavy (non-hydrogen) atoms. The summed E-state index contributed by atoms with van der Waals surface area (Å²) in [6.07, 6.45) is -4.60. The minimum atomic E-state index is -5.77. The number of likely N-dealkylation sites (tertiary alicyclic amines) is 1. The second-order valence-corrected chi connectivity index (χ2v) is 12.3. The van der Waals surface area contributed by atoms with E-state index >= 15 is 0 Å². The van der Waals surface area contributed by atoms with Gasteiger partial charge in [-0.15, -0.1) is 0 Å². The van der Waals surface area contributed by atoms with Gasteiger partial charge in [0.05, 0.1) is 11.7 Å². The molecule has 1 atom stereocenters. The number of aromatic nitrogens is 2. The second-order valence-electron chi connectivity index (χ2n) is 12.3. The lowest BCUT2D eigenvalue weighted by atomic mass is 9.84. The maximum atomic E-state index is 14.0. The number of nitrogens with zero attached hydrogens (tertiary/aromatic N) is 3. The van der Waals surface area contributed by atoms with Crippen LogP contribution in [0.4, 0.5) is 30.7 Å². The number of rotatable bonds is 11. The van der Waals surface area contributed by atoms with Crippen LogP contribution in [0.3, 0.4) is 0 Å². The number of carbonyl (C=O) groups is 3. The molecule has 1 aromatic heterocycles. The van der Waals surface area contributed by atoms with Crippen LogP contribution in [-0.4, -0.2) is 64.1 Å². The average molecular weight is 697 g/mol. The van der Waals surface area contributed by atoms with Crippen LogP contribution in [0.25, 0.3) is 0 Å². The van der Waals surface area contributed by atoms with Crippen LogP contribution in [0.5, 0.6) is 0 Å². The fourth-order valence-electron chi connectivity index (χ4n) is 5.99. The molecule has 0 unspecified atom stereocenters. The molecule has 0 bridgehead atoms. The van der Waals surface area contributed by atoms with Crippen molar-refractivity contribution >= 4 is 17.5 Å². The van der Waals surface area contributed by atoms with Gasteiger partial charge in [-0.05, 0) is 81.4 Å². The molecule has 7 nitrogen and oxygen atoms in total. The van der Waals surface area contributed by atoms with E-state index in [1.54, 1.807) is 12.1 Å². The number of benzene rings is 2. The Bertz CT molecular complexity index is 1540. The Morgan fingerprint density at radius 3 is 2.04 bits per heavy atom. The highest BCUT2D eigenvalue weighted by molar-refractivity contribution is 6.41. The summed E-state index contributed by atoms with van der Waals surface area (Å²) in [6.45, 7) is 6.01. The van der Waals surface area contributed by atoms with Crippen molar-refractivity contribution < 1.29 is 45.1 Å². The number of piperidine rings is 1. The smallest absolute Gasteiger partial charge is 0.349 e. The highest BCUT2D eigenvalue weighted by atomic mass is 19.4. The summed E-state index contributed by atoms with van der Waals surface area (Å²) in [7, 11) is 0. The SMILES string of the molecule is CCn1nc(Cc2ccccc2)cc1C1CCN(CC[C@H](NC(=O)C2CCC2)c2cccc(F)c2)CC1.O=C(C(=O)C(F)(F)F)C(F)(F)F. The molecule has 1 N–H and O–H groups in total. The van der Waals surface area contributed by atoms with Crippen LogP contribution >= 0.6 is 0 Å². The van der Waals surface area contributed by atoms with Crippen molar-refractivity contribution in [2.45, 2.75) is 82.7 Å². The van der Waals surface area contributed by atoms with E-state index in [0.717, 1.165) is 82.4 Å². The zero-order valence-corrected chi connectivity index (χ0v) is 27.0. The number of ketones is 2. The first-order valence-electron chi connectivity index (χ1n) is 16.3. The molecule has 2 aromatic carbocycles. The van der Waals surface area contributed by atoms with Gasteiger partial charge in [0.2, 0.25) is 5.91 Å². The molecule has 3 aromatic rings. The van der Waals surface area contributed by atoms with Gasteiger partial charge >= 0.3 is 23.9 Å². The van der Waals surface area contributed by atoms with E-state index in [2.05, 4.69) is 58.2 Å². The van der Waals surface area contributed by atoms with Crippen molar-refractivity contribution in [1.82, 2.24) is 20.0 Å². The van der Waals surface area contributed by atoms with Crippen molar-refractivity contribution in [3.63, 3.8) is 0 Å². The van der Waals surface area contributed by atoms with Crippen LogP contribution in [0, 0.1) is 11.7 Å². The number of amides is 1. The topological polar surface area (TPSA) is 84.3 Å². The molecule has 14 heteroatoms. The summed E-state index contributed by atoms with van der Waals surface area (Å²) >= 11 is 0. The van der Waals surface area contributed by atoms with Crippen LogP contribution in [0.2, 0.25) is 0 Å². The fourth-order valence-corrected chi connectivity index (χ4v) is 5.99. The fraction of sp³-hybridized carbons (Fsp3) is 0.486. The first-order chi connectivity index (χ1) is 23.2. The van der Waals surface area contributed by atoms with Gasteiger partial charge in [0.1, 0.15) is 5.82 Å². The number of aryl methyl sites for hydroxylation is 1. The Balaban J connectivity index is 0.000000386. The Hall–Kier alpha value is -4.07. The maximum Gasteiger partial charge on any atom is 0.458 e. The molecule has 1 amide bonds. The molecule has 5 rings (SSSR count). The van der Waals surface area contributed by atoms with E-state index in [1.165, 1.54) is 17.3 Å². The van der Waals surface area contributed by atoms with Gasteiger partial charge in [-0.2, -0.15) is 31.4 Å². The normalized spacial score (nSPS) is 16.7. The molecule has 0 radical (unpaired) electrons.